The minimum Gasteiger partial charge on any atom is -0.339 e. The van der Waals surface area contributed by atoms with Crippen molar-refractivity contribution in [2.24, 2.45) is 0 Å². The Hall–Kier alpha value is -2.47. The van der Waals surface area contributed by atoms with Crippen LogP contribution in [0.2, 0.25) is 0 Å². The first-order chi connectivity index (χ1) is 11.3. The van der Waals surface area contributed by atoms with Crippen LogP contribution in [0.4, 0.5) is 0 Å². The summed E-state index contributed by atoms with van der Waals surface area (Å²) in [6.45, 7) is 2.73. The van der Waals surface area contributed by atoms with Gasteiger partial charge in [-0.1, -0.05) is 17.3 Å². The van der Waals surface area contributed by atoms with E-state index in [1.165, 1.54) is 18.4 Å². The molecule has 1 N–H and O–H groups in total. The van der Waals surface area contributed by atoms with Gasteiger partial charge in [-0.15, -0.1) is 0 Å². The first-order valence-corrected chi connectivity index (χ1v) is 7.95. The normalized spacial score (nSPS) is 15.7. The molecule has 1 atom stereocenters. The monoisotopic (exact) mass is 309 g/mol. The number of aromatic nitrogens is 4. The highest BCUT2D eigenvalue weighted by molar-refractivity contribution is 5.36. The highest BCUT2D eigenvalue weighted by Gasteiger charge is 2.29. The zero-order valence-corrected chi connectivity index (χ0v) is 13.0. The SMILES string of the molecule is CC(NCc1noc(C2CC2)n1)c1cccc(-n2cccn2)c1. The van der Waals surface area contributed by atoms with Crippen LogP contribution in [0.5, 0.6) is 0 Å². The van der Waals surface area contributed by atoms with Gasteiger partial charge in [0.1, 0.15) is 0 Å². The number of hydrogen-bond donors (Lipinski definition) is 1. The number of nitrogens with one attached hydrogen (secondary N) is 1. The maximum Gasteiger partial charge on any atom is 0.229 e. The van der Waals surface area contributed by atoms with E-state index >= 15 is 0 Å². The van der Waals surface area contributed by atoms with Gasteiger partial charge in [0.2, 0.25) is 5.89 Å². The van der Waals surface area contributed by atoms with Crippen molar-refractivity contribution in [2.75, 3.05) is 0 Å². The van der Waals surface area contributed by atoms with Crippen molar-refractivity contribution in [1.29, 1.82) is 0 Å². The third-order valence-corrected chi connectivity index (χ3v) is 4.12. The number of benzene rings is 1. The molecule has 0 aliphatic heterocycles. The molecular weight excluding hydrogens is 290 g/mol. The molecule has 0 bridgehead atoms. The van der Waals surface area contributed by atoms with Gasteiger partial charge in [0.15, 0.2) is 5.82 Å². The molecule has 0 radical (unpaired) electrons. The number of rotatable bonds is 6. The van der Waals surface area contributed by atoms with E-state index in [1.807, 2.05) is 29.1 Å². The Morgan fingerprint density at radius 2 is 2.26 bits per heavy atom. The molecule has 6 heteroatoms. The van der Waals surface area contributed by atoms with Crippen molar-refractivity contribution in [3.05, 3.63) is 60.0 Å². The van der Waals surface area contributed by atoms with E-state index in [1.54, 1.807) is 6.20 Å². The van der Waals surface area contributed by atoms with Crippen LogP contribution in [-0.2, 0) is 6.54 Å². The summed E-state index contributed by atoms with van der Waals surface area (Å²) in [7, 11) is 0. The fraction of sp³-hybridized carbons (Fsp3) is 0.353. The minimum atomic E-state index is 0.188. The second kappa shape index (κ2) is 5.96. The van der Waals surface area contributed by atoms with E-state index in [0.29, 0.717) is 12.5 Å². The molecule has 1 aliphatic carbocycles. The van der Waals surface area contributed by atoms with Gasteiger partial charge in [0.25, 0.3) is 0 Å². The maximum absolute atomic E-state index is 5.28. The van der Waals surface area contributed by atoms with E-state index in [9.17, 15) is 0 Å². The van der Waals surface area contributed by atoms with Crippen molar-refractivity contribution in [3.8, 4) is 5.69 Å². The van der Waals surface area contributed by atoms with Crippen molar-refractivity contribution in [3.63, 3.8) is 0 Å². The summed E-state index contributed by atoms with van der Waals surface area (Å²) in [5, 5.41) is 11.8. The Bertz CT molecular complexity index is 776. The molecule has 0 amide bonds. The summed E-state index contributed by atoms with van der Waals surface area (Å²) in [5.41, 5.74) is 2.25. The minimum absolute atomic E-state index is 0.188. The molecule has 2 heterocycles. The predicted octanol–water partition coefficient (Wildman–Crippen LogP) is 2.98. The van der Waals surface area contributed by atoms with Gasteiger partial charge >= 0.3 is 0 Å². The lowest BCUT2D eigenvalue weighted by molar-refractivity contribution is 0.371. The first-order valence-electron chi connectivity index (χ1n) is 7.95. The Morgan fingerprint density at radius 1 is 1.35 bits per heavy atom. The van der Waals surface area contributed by atoms with Crippen LogP contribution in [-0.4, -0.2) is 19.9 Å². The molecule has 1 aliphatic rings. The summed E-state index contributed by atoms with van der Waals surface area (Å²) in [5.74, 6) is 2.01. The fourth-order valence-electron chi connectivity index (χ4n) is 2.56. The molecule has 6 nitrogen and oxygen atoms in total. The third kappa shape index (κ3) is 3.17. The van der Waals surface area contributed by atoms with Gasteiger partial charge in [0, 0.05) is 24.4 Å². The van der Waals surface area contributed by atoms with E-state index < -0.39 is 0 Å². The summed E-state index contributed by atoms with van der Waals surface area (Å²) < 4.78 is 7.14. The highest BCUT2D eigenvalue weighted by Crippen LogP contribution is 2.38. The predicted molar refractivity (Wildman–Crippen MR) is 85.1 cm³/mol. The second-order valence-corrected chi connectivity index (χ2v) is 5.97. The smallest absolute Gasteiger partial charge is 0.229 e. The average molecular weight is 309 g/mol. The van der Waals surface area contributed by atoms with E-state index in [0.717, 1.165) is 17.4 Å². The van der Waals surface area contributed by atoms with Gasteiger partial charge < -0.3 is 9.84 Å². The van der Waals surface area contributed by atoms with Crippen molar-refractivity contribution in [2.45, 2.75) is 38.3 Å². The third-order valence-electron chi connectivity index (χ3n) is 4.12. The zero-order chi connectivity index (χ0) is 15.6. The van der Waals surface area contributed by atoms with Crippen LogP contribution in [0.1, 0.15) is 49.0 Å². The average Bonchev–Trinajstić information content (AvgIpc) is 3.11. The van der Waals surface area contributed by atoms with Crippen molar-refractivity contribution < 1.29 is 4.52 Å². The molecule has 3 aromatic rings. The topological polar surface area (TPSA) is 68.8 Å². The van der Waals surface area contributed by atoms with Gasteiger partial charge in [-0.3, -0.25) is 0 Å². The molecule has 0 spiro atoms. The molecule has 23 heavy (non-hydrogen) atoms. The van der Waals surface area contributed by atoms with Crippen LogP contribution in [0.25, 0.3) is 5.69 Å². The maximum atomic E-state index is 5.28. The molecule has 1 unspecified atom stereocenters. The largest absolute Gasteiger partial charge is 0.339 e. The Labute approximate surface area is 134 Å². The van der Waals surface area contributed by atoms with Crippen LogP contribution < -0.4 is 5.32 Å². The first kappa shape index (κ1) is 14.1. The zero-order valence-electron chi connectivity index (χ0n) is 13.0. The molecule has 118 valence electrons. The molecule has 1 saturated carbocycles. The quantitative estimate of drug-likeness (QED) is 0.758. The molecule has 1 fully saturated rings. The lowest BCUT2D eigenvalue weighted by Crippen LogP contribution is -2.19. The highest BCUT2D eigenvalue weighted by atomic mass is 16.5. The lowest BCUT2D eigenvalue weighted by atomic mass is 10.1. The Morgan fingerprint density at radius 3 is 3.04 bits per heavy atom. The van der Waals surface area contributed by atoms with Gasteiger partial charge in [-0.25, -0.2) is 4.68 Å². The molecule has 0 saturated heterocycles. The molecule has 4 rings (SSSR count). The van der Waals surface area contributed by atoms with Crippen LogP contribution in [0.3, 0.4) is 0 Å². The molecule has 2 aromatic heterocycles. The van der Waals surface area contributed by atoms with Gasteiger partial charge in [-0.2, -0.15) is 10.1 Å². The van der Waals surface area contributed by atoms with E-state index in [4.69, 9.17) is 4.52 Å². The Balaban J connectivity index is 1.42. The van der Waals surface area contributed by atoms with Crippen LogP contribution in [0, 0.1) is 0 Å². The summed E-state index contributed by atoms with van der Waals surface area (Å²) >= 11 is 0. The summed E-state index contributed by atoms with van der Waals surface area (Å²) in [4.78, 5) is 4.44. The molecule has 1 aromatic carbocycles. The number of nitrogens with zero attached hydrogens (tertiary/aromatic N) is 4. The van der Waals surface area contributed by atoms with Gasteiger partial charge in [-0.05, 0) is 43.5 Å². The Kier molecular flexibility index (Phi) is 3.67. The standard InChI is InChI=1S/C17H19N5O/c1-12(18-11-16-20-17(23-21-16)13-6-7-13)14-4-2-5-15(10-14)22-9-3-8-19-22/h2-5,8-10,12-13,18H,6-7,11H2,1H3. The van der Waals surface area contributed by atoms with E-state index in [2.05, 4.69) is 39.6 Å². The van der Waals surface area contributed by atoms with E-state index in [-0.39, 0.29) is 6.04 Å². The summed E-state index contributed by atoms with van der Waals surface area (Å²) in [6.07, 6.45) is 6.06. The van der Waals surface area contributed by atoms with Gasteiger partial charge in [0.05, 0.1) is 12.2 Å². The fourth-order valence-corrected chi connectivity index (χ4v) is 2.56. The lowest BCUT2D eigenvalue weighted by Gasteiger charge is -2.14. The van der Waals surface area contributed by atoms with Crippen LogP contribution >= 0.6 is 0 Å². The second-order valence-electron chi connectivity index (χ2n) is 5.97. The van der Waals surface area contributed by atoms with Crippen molar-refractivity contribution >= 4 is 0 Å². The number of hydrogen-bond acceptors (Lipinski definition) is 5. The van der Waals surface area contributed by atoms with Crippen LogP contribution in [0.15, 0.2) is 47.2 Å². The van der Waals surface area contributed by atoms with Crippen molar-refractivity contribution in [1.82, 2.24) is 25.2 Å². The molecular formula is C17H19N5O. The summed E-state index contributed by atoms with van der Waals surface area (Å²) in [6, 6.07) is 10.4.